The van der Waals surface area contributed by atoms with Crippen LogP contribution in [0.15, 0.2) is 4.99 Å². The molecule has 0 aliphatic carbocycles. The van der Waals surface area contributed by atoms with Crippen molar-refractivity contribution in [1.82, 2.24) is 0 Å². The fourth-order valence-electron chi connectivity index (χ4n) is 0.193. The SMILES string of the molecule is CSC/N=C(\N)SC. The van der Waals surface area contributed by atoms with Gasteiger partial charge < -0.3 is 5.73 Å². The van der Waals surface area contributed by atoms with Crippen LogP contribution in [0, 0.1) is 0 Å². The van der Waals surface area contributed by atoms with Gasteiger partial charge in [-0.05, 0) is 12.5 Å². The van der Waals surface area contributed by atoms with Gasteiger partial charge in [-0.15, -0.1) is 11.8 Å². The molecule has 0 heterocycles. The van der Waals surface area contributed by atoms with Gasteiger partial charge >= 0.3 is 0 Å². The zero-order valence-corrected chi connectivity index (χ0v) is 6.68. The summed E-state index contributed by atoms with van der Waals surface area (Å²) in [6.45, 7) is 0. The van der Waals surface area contributed by atoms with Crippen molar-refractivity contribution in [3.8, 4) is 0 Å². The Bertz CT molecular complexity index is 82.1. The van der Waals surface area contributed by atoms with Crippen LogP contribution < -0.4 is 5.73 Å². The second-order valence-electron chi connectivity index (χ2n) is 1.12. The minimum Gasteiger partial charge on any atom is -0.379 e. The molecule has 0 atom stereocenters. The van der Waals surface area contributed by atoms with Crippen LogP contribution in [0.3, 0.4) is 0 Å². The lowest BCUT2D eigenvalue weighted by Crippen LogP contribution is -2.05. The Labute approximate surface area is 58.3 Å². The van der Waals surface area contributed by atoms with E-state index in [1.807, 2.05) is 12.5 Å². The zero-order chi connectivity index (χ0) is 6.41. The molecule has 2 N–H and O–H groups in total. The van der Waals surface area contributed by atoms with Crippen molar-refractivity contribution in [3.63, 3.8) is 0 Å². The van der Waals surface area contributed by atoms with E-state index in [-0.39, 0.29) is 0 Å². The maximum atomic E-state index is 5.36. The molecule has 0 aromatic carbocycles. The second kappa shape index (κ2) is 5.31. The standard InChI is InChI=1S/C4H10N2S2/c1-7-3-6-4(5)8-2/h3H2,1-2H3,(H2,5,6). The average molecular weight is 150 g/mol. The van der Waals surface area contributed by atoms with E-state index >= 15 is 0 Å². The van der Waals surface area contributed by atoms with Gasteiger partial charge in [-0.1, -0.05) is 11.8 Å². The predicted octanol–water partition coefficient (Wildman–Crippen LogP) is 0.985. The van der Waals surface area contributed by atoms with Crippen LogP contribution in [-0.4, -0.2) is 23.6 Å². The van der Waals surface area contributed by atoms with Crippen molar-refractivity contribution in [3.05, 3.63) is 0 Å². The minimum atomic E-state index is 0.666. The number of aliphatic imine (C=N–C) groups is 1. The fraction of sp³-hybridized carbons (Fsp3) is 0.750. The molecule has 0 unspecified atom stereocenters. The molecule has 0 amide bonds. The minimum absolute atomic E-state index is 0.666. The first-order valence-corrected chi connectivity index (χ1v) is 4.76. The van der Waals surface area contributed by atoms with Crippen LogP contribution in [0.4, 0.5) is 0 Å². The summed E-state index contributed by atoms with van der Waals surface area (Å²) in [7, 11) is 0. The lowest BCUT2D eigenvalue weighted by Gasteiger charge is -1.90. The van der Waals surface area contributed by atoms with Crippen molar-refractivity contribution < 1.29 is 0 Å². The van der Waals surface area contributed by atoms with Crippen molar-refractivity contribution in [1.29, 1.82) is 0 Å². The van der Waals surface area contributed by atoms with Gasteiger partial charge in [0.25, 0.3) is 0 Å². The highest BCUT2D eigenvalue weighted by Crippen LogP contribution is 1.95. The molecular formula is C4H10N2S2. The van der Waals surface area contributed by atoms with Crippen LogP contribution in [0.1, 0.15) is 0 Å². The van der Waals surface area contributed by atoms with E-state index in [9.17, 15) is 0 Å². The fourth-order valence-corrected chi connectivity index (χ4v) is 0.736. The molecule has 0 fully saturated rings. The summed E-state index contributed by atoms with van der Waals surface area (Å²) in [6, 6.07) is 0. The van der Waals surface area contributed by atoms with E-state index in [4.69, 9.17) is 5.73 Å². The highest BCUT2D eigenvalue weighted by molar-refractivity contribution is 8.13. The summed E-state index contributed by atoms with van der Waals surface area (Å²) in [4.78, 5) is 3.98. The summed E-state index contributed by atoms with van der Waals surface area (Å²) in [5, 5.41) is 0.666. The van der Waals surface area contributed by atoms with E-state index in [1.54, 1.807) is 11.8 Å². The first kappa shape index (κ1) is 8.17. The number of hydrogen-bond acceptors (Lipinski definition) is 3. The Morgan fingerprint density at radius 1 is 1.62 bits per heavy atom. The van der Waals surface area contributed by atoms with Gasteiger partial charge in [0.05, 0.1) is 5.88 Å². The molecule has 0 rings (SSSR count). The summed E-state index contributed by atoms with van der Waals surface area (Å²) in [6.07, 6.45) is 3.91. The molecule has 0 aliphatic heterocycles. The molecule has 0 aliphatic rings. The van der Waals surface area contributed by atoms with Gasteiger partial charge in [-0.25, -0.2) is 0 Å². The monoisotopic (exact) mass is 150 g/mol. The molecule has 0 bridgehead atoms. The van der Waals surface area contributed by atoms with Crippen LogP contribution >= 0.6 is 23.5 Å². The molecule has 0 saturated carbocycles. The summed E-state index contributed by atoms with van der Waals surface area (Å²) in [5.74, 6) is 0.771. The Hall–Kier alpha value is 0.170. The molecule has 0 spiro atoms. The molecule has 0 saturated heterocycles. The van der Waals surface area contributed by atoms with Gasteiger partial charge in [-0.3, -0.25) is 4.99 Å². The van der Waals surface area contributed by atoms with E-state index < -0.39 is 0 Å². The number of thioether (sulfide) groups is 2. The third kappa shape index (κ3) is 4.33. The molecule has 4 heteroatoms. The molecule has 0 aromatic heterocycles. The van der Waals surface area contributed by atoms with Gasteiger partial charge in [0.15, 0.2) is 5.17 Å². The van der Waals surface area contributed by atoms with Crippen LogP contribution in [0.2, 0.25) is 0 Å². The van der Waals surface area contributed by atoms with Crippen molar-refractivity contribution in [2.75, 3.05) is 18.4 Å². The molecular weight excluding hydrogens is 140 g/mol. The topological polar surface area (TPSA) is 38.4 Å². The highest BCUT2D eigenvalue weighted by atomic mass is 32.2. The second-order valence-corrected chi connectivity index (χ2v) is 2.78. The van der Waals surface area contributed by atoms with Crippen molar-refractivity contribution >= 4 is 28.7 Å². The third-order valence-corrected chi connectivity index (χ3v) is 1.49. The largest absolute Gasteiger partial charge is 0.379 e. The van der Waals surface area contributed by atoms with E-state index in [2.05, 4.69) is 4.99 Å². The number of nitrogens with two attached hydrogens (primary N) is 1. The molecule has 0 radical (unpaired) electrons. The van der Waals surface area contributed by atoms with E-state index in [0.717, 1.165) is 5.88 Å². The number of rotatable bonds is 2. The summed E-state index contributed by atoms with van der Waals surface area (Å²) in [5.41, 5.74) is 5.36. The normalized spacial score (nSPS) is 12.0. The Morgan fingerprint density at radius 3 is 2.62 bits per heavy atom. The average Bonchev–Trinajstić information content (AvgIpc) is 1.83. The first-order valence-electron chi connectivity index (χ1n) is 2.14. The molecule has 0 aromatic rings. The van der Waals surface area contributed by atoms with Gasteiger partial charge in [0.1, 0.15) is 0 Å². The van der Waals surface area contributed by atoms with E-state index in [0.29, 0.717) is 5.17 Å². The number of nitrogens with zero attached hydrogens (tertiary/aromatic N) is 1. The zero-order valence-electron chi connectivity index (χ0n) is 5.05. The maximum Gasteiger partial charge on any atom is 0.154 e. The van der Waals surface area contributed by atoms with Gasteiger partial charge in [0.2, 0.25) is 0 Å². The summed E-state index contributed by atoms with van der Waals surface area (Å²) >= 11 is 3.14. The number of amidine groups is 1. The predicted molar refractivity (Wildman–Crippen MR) is 43.5 cm³/mol. The van der Waals surface area contributed by atoms with Gasteiger partial charge in [-0.2, -0.15) is 0 Å². The van der Waals surface area contributed by atoms with Crippen molar-refractivity contribution in [2.24, 2.45) is 10.7 Å². The van der Waals surface area contributed by atoms with Crippen LogP contribution in [0.25, 0.3) is 0 Å². The Balaban J connectivity index is 3.26. The molecule has 2 nitrogen and oxygen atoms in total. The lowest BCUT2D eigenvalue weighted by atomic mass is 11.2. The van der Waals surface area contributed by atoms with Crippen LogP contribution in [0.5, 0.6) is 0 Å². The smallest absolute Gasteiger partial charge is 0.154 e. The Morgan fingerprint density at radius 2 is 2.25 bits per heavy atom. The molecule has 8 heavy (non-hydrogen) atoms. The first-order chi connectivity index (χ1) is 3.81. The molecule has 48 valence electrons. The van der Waals surface area contributed by atoms with Crippen LogP contribution in [-0.2, 0) is 0 Å². The Kier molecular flexibility index (Phi) is 5.42. The third-order valence-electron chi connectivity index (χ3n) is 0.559. The summed E-state index contributed by atoms with van der Waals surface area (Å²) < 4.78 is 0. The lowest BCUT2D eigenvalue weighted by molar-refractivity contribution is 1.38. The van der Waals surface area contributed by atoms with Crippen molar-refractivity contribution in [2.45, 2.75) is 0 Å². The highest BCUT2D eigenvalue weighted by Gasteiger charge is 1.82. The van der Waals surface area contributed by atoms with E-state index in [1.165, 1.54) is 11.8 Å². The maximum absolute atomic E-state index is 5.36. The van der Waals surface area contributed by atoms with Gasteiger partial charge in [0, 0.05) is 0 Å². The quantitative estimate of drug-likeness (QED) is 0.471. The number of hydrogen-bond donors (Lipinski definition) is 1.